The number of benzene rings is 1. The van der Waals surface area contributed by atoms with Crippen LogP contribution in [0.1, 0.15) is 0 Å². The Morgan fingerprint density at radius 2 is 2.06 bits per heavy atom. The Hall–Kier alpha value is -1.87. The predicted octanol–water partition coefficient (Wildman–Crippen LogP) is 2.39. The Bertz CT molecular complexity index is 507. The minimum Gasteiger partial charge on any atom is -0.378 e. The van der Waals surface area contributed by atoms with Gasteiger partial charge in [0.25, 0.3) is 0 Å². The number of hydrogen-bond acceptors (Lipinski definition) is 3. The molecule has 1 radical (unpaired) electrons. The van der Waals surface area contributed by atoms with E-state index in [2.05, 4.69) is 40.2 Å². The number of anilines is 1. The molecule has 1 aliphatic rings. The van der Waals surface area contributed by atoms with Gasteiger partial charge >= 0.3 is 0 Å². The molecule has 1 saturated heterocycles. The molecule has 2 aromatic rings. The van der Waals surface area contributed by atoms with Crippen molar-refractivity contribution in [2.24, 2.45) is 0 Å². The van der Waals surface area contributed by atoms with E-state index >= 15 is 0 Å². The summed E-state index contributed by atoms with van der Waals surface area (Å²) in [7, 11) is 0. The molecule has 0 atom stereocenters. The van der Waals surface area contributed by atoms with Crippen LogP contribution >= 0.6 is 0 Å². The van der Waals surface area contributed by atoms with Crippen LogP contribution in [0, 0.1) is 6.07 Å². The molecule has 18 heavy (non-hydrogen) atoms. The fourth-order valence-electron chi connectivity index (χ4n) is 2.19. The second-order valence-electron chi connectivity index (χ2n) is 4.32. The van der Waals surface area contributed by atoms with Gasteiger partial charge in [0.05, 0.1) is 13.2 Å². The zero-order chi connectivity index (χ0) is 12.2. The molecule has 1 aromatic heterocycles. The number of rotatable bonds is 2. The number of ether oxygens (including phenoxy) is 1. The van der Waals surface area contributed by atoms with Crippen LogP contribution in [-0.4, -0.2) is 31.3 Å². The number of nitrogens with zero attached hydrogens (tertiary/aromatic N) is 2. The first-order valence-corrected chi connectivity index (χ1v) is 6.18. The van der Waals surface area contributed by atoms with Gasteiger partial charge in [-0.1, -0.05) is 12.1 Å². The first kappa shape index (κ1) is 11.2. The molecule has 3 rings (SSSR count). The first-order chi connectivity index (χ1) is 8.93. The van der Waals surface area contributed by atoms with Crippen molar-refractivity contribution in [3.05, 3.63) is 48.8 Å². The maximum absolute atomic E-state index is 5.38. The molecule has 1 fully saturated rings. The maximum Gasteiger partial charge on any atom is 0.0642 e. The summed E-state index contributed by atoms with van der Waals surface area (Å²) < 4.78 is 5.38. The van der Waals surface area contributed by atoms with Gasteiger partial charge in [0, 0.05) is 42.8 Å². The normalized spacial score (nSPS) is 15.7. The molecule has 0 aliphatic carbocycles. The summed E-state index contributed by atoms with van der Waals surface area (Å²) in [6, 6.07) is 13.5. The van der Waals surface area contributed by atoms with Crippen LogP contribution in [0.15, 0.2) is 42.7 Å². The molecule has 91 valence electrons. The van der Waals surface area contributed by atoms with Crippen molar-refractivity contribution < 1.29 is 4.74 Å². The number of hydrogen-bond donors (Lipinski definition) is 0. The van der Waals surface area contributed by atoms with E-state index < -0.39 is 0 Å². The number of morpholine rings is 1. The molecule has 3 heteroatoms. The molecule has 0 bridgehead atoms. The first-order valence-electron chi connectivity index (χ1n) is 6.18. The molecule has 0 spiro atoms. The quantitative estimate of drug-likeness (QED) is 0.804. The zero-order valence-electron chi connectivity index (χ0n) is 10.2. The van der Waals surface area contributed by atoms with Crippen LogP contribution in [0.25, 0.3) is 11.1 Å². The van der Waals surface area contributed by atoms with Crippen LogP contribution in [0.4, 0.5) is 5.69 Å². The lowest BCUT2D eigenvalue weighted by Gasteiger charge is -2.29. The van der Waals surface area contributed by atoms with Crippen molar-refractivity contribution in [3.8, 4) is 11.1 Å². The maximum atomic E-state index is 5.38. The fourth-order valence-corrected chi connectivity index (χ4v) is 2.19. The average molecular weight is 239 g/mol. The monoisotopic (exact) mass is 239 g/mol. The number of pyridine rings is 1. The molecular weight excluding hydrogens is 224 g/mol. The van der Waals surface area contributed by atoms with Gasteiger partial charge in [0.15, 0.2) is 0 Å². The van der Waals surface area contributed by atoms with E-state index in [0.717, 1.165) is 31.9 Å². The molecule has 1 aromatic carbocycles. The summed E-state index contributed by atoms with van der Waals surface area (Å²) in [5, 5.41) is 0. The Morgan fingerprint density at radius 3 is 2.83 bits per heavy atom. The van der Waals surface area contributed by atoms with E-state index in [-0.39, 0.29) is 0 Å². The van der Waals surface area contributed by atoms with Crippen LogP contribution in [-0.2, 0) is 4.74 Å². The van der Waals surface area contributed by atoms with E-state index in [1.807, 2.05) is 12.3 Å². The highest BCUT2D eigenvalue weighted by Gasteiger charge is 2.11. The Balaban J connectivity index is 1.89. The summed E-state index contributed by atoms with van der Waals surface area (Å²) in [6.07, 6.45) is 3.55. The third kappa shape index (κ3) is 2.36. The third-order valence-electron chi connectivity index (χ3n) is 3.16. The van der Waals surface area contributed by atoms with E-state index in [0.29, 0.717) is 0 Å². The Morgan fingerprint density at radius 1 is 1.17 bits per heavy atom. The van der Waals surface area contributed by atoms with Crippen LogP contribution in [0.3, 0.4) is 0 Å². The van der Waals surface area contributed by atoms with Crippen LogP contribution in [0.2, 0.25) is 0 Å². The average Bonchev–Trinajstić information content (AvgIpc) is 2.49. The summed E-state index contributed by atoms with van der Waals surface area (Å²) in [6.45, 7) is 3.54. The van der Waals surface area contributed by atoms with E-state index in [9.17, 15) is 0 Å². The predicted molar refractivity (Wildman–Crippen MR) is 71.5 cm³/mol. The largest absolute Gasteiger partial charge is 0.378 e. The van der Waals surface area contributed by atoms with Crippen molar-refractivity contribution in [2.75, 3.05) is 31.2 Å². The molecule has 0 amide bonds. The summed E-state index contributed by atoms with van der Waals surface area (Å²) in [5.74, 6) is 0. The lowest BCUT2D eigenvalue weighted by molar-refractivity contribution is 0.122. The molecule has 0 N–H and O–H groups in total. The highest BCUT2D eigenvalue weighted by molar-refractivity contribution is 5.67. The van der Waals surface area contributed by atoms with Gasteiger partial charge in [0.2, 0.25) is 0 Å². The van der Waals surface area contributed by atoms with Gasteiger partial charge in [-0.2, -0.15) is 0 Å². The van der Waals surface area contributed by atoms with E-state index in [1.165, 1.54) is 11.3 Å². The number of aromatic nitrogens is 1. The minimum absolute atomic E-state index is 0.810. The van der Waals surface area contributed by atoms with Crippen molar-refractivity contribution in [2.45, 2.75) is 0 Å². The molecule has 1 aliphatic heterocycles. The lowest BCUT2D eigenvalue weighted by Crippen LogP contribution is -2.36. The van der Waals surface area contributed by atoms with Gasteiger partial charge in [0.1, 0.15) is 0 Å². The van der Waals surface area contributed by atoms with Crippen molar-refractivity contribution >= 4 is 5.69 Å². The second-order valence-corrected chi connectivity index (χ2v) is 4.32. The van der Waals surface area contributed by atoms with Crippen molar-refractivity contribution in [1.82, 2.24) is 4.98 Å². The fraction of sp³-hybridized carbons (Fsp3) is 0.267. The Labute approximate surface area is 107 Å². The van der Waals surface area contributed by atoms with E-state index in [4.69, 9.17) is 4.74 Å². The van der Waals surface area contributed by atoms with Gasteiger partial charge in [-0.25, -0.2) is 0 Å². The molecule has 2 heterocycles. The smallest absolute Gasteiger partial charge is 0.0642 e. The SMILES string of the molecule is [c]1cncc(-c2cccc(N3CCOCC3)c2)c1. The van der Waals surface area contributed by atoms with Crippen molar-refractivity contribution in [1.29, 1.82) is 0 Å². The standard InChI is InChI=1S/C15H15N2O/c1-3-13(14-4-2-6-16-12-14)11-15(5-1)17-7-9-18-10-8-17/h1,3-6,11-12H,7-10H2. The van der Waals surface area contributed by atoms with Gasteiger partial charge in [-0.15, -0.1) is 0 Å². The second kappa shape index (κ2) is 5.19. The Kier molecular flexibility index (Phi) is 3.24. The lowest BCUT2D eigenvalue weighted by atomic mass is 10.1. The van der Waals surface area contributed by atoms with Crippen LogP contribution in [0.5, 0.6) is 0 Å². The highest BCUT2D eigenvalue weighted by Crippen LogP contribution is 2.24. The van der Waals surface area contributed by atoms with Crippen molar-refractivity contribution in [3.63, 3.8) is 0 Å². The van der Waals surface area contributed by atoms with Gasteiger partial charge in [-0.05, 0) is 23.8 Å². The molecule has 0 unspecified atom stereocenters. The van der Waals surface area contributed by atoms with Gasteiger partial charge in [-0.3, -0.25) is 4.98 Å². The third-order valence-corrected chi connectivity index (χ3v) is 3.16. The van der Waals surface area contributed by atoms with Gasteiger partial charge < -0.3 is 9.64 Å². The summed E-state index contributed by atoms with van der Waals surface area (Å²) in [5.41, 5.74) is 3.54. The van der Waals surface area contributed by atoms with Crippen LogP contribution < -0.4 is 4.90 Å². The molecular formula is C15H15N2O. The molecule has 0 saturated carbocycles. The minimum atomic E-state index is 0.810. The highest BCUT2D eigenvalue weighted by atomic mass is 16.5. The zero-order valence-corrected chi connectivity index (χ0v) is 10.2. The summed E-state index contributed by atoms with van der Waals surface area (Å²) >= 11 is 0. The molecule has 3 nitrogen and oxygen atoms in total. The van der Waals surface area contributed by atoms with E-state index in [1.54, 1.807) is 6.20 Å². The summed E-state index contributed by atoms with van der Waals surface area (Å²) in [4.78, 5) is 6.47. The topological polar surface area (TPSA) is 25.4 Å².